The second-order valence-corrected chi connectivity index (χ2v) is 5.57. The molecule has 4 nitrogen and oxygen atoms in total. The zero-order chi connectivity index (χ0) is 13.8. The number of anilines is 1. The fourth-order valence-electron chi connectivity index (χ4n) is 2.39. The van der Waals surface area contributed by atoms with Gasteiger partial charge in [0.25, 0.3) is 0 Å². The maximum absolute atomic E-state index is 6.09. The standard InChI is InChI=1S/C15H25N3O/c1-5-16-14-11(4)15(18-13(17-14)10(2)3)19-12-8-6-7-9-12/h10,12H,5-9H2,1-4H3,(H,16,17,18). The topological polar surface area (TPSA) is 47.0 Å². The zero-order valence-electron chi connectivity index (χ0n) is 12.5. The quantitative estimate of drug-likeness (QED) is 0.880. The number of hydrogen-bond donors (Lipinski definition) is 1. The largest absolute Gasteiger partial charge is 0.474 e. The summed E-state index contributed by atoms with van der Waals surface area (Å²) in [5.41, 5.74) is 1.03. The Kier molecular flexibility index (Phi) is 4.61. The van der Waals surface area contributed by atoms with Crippen LogP contribution in [0.1, 0.15) is 63.8 Å². The minimum absolute atomic E-state index is 0.309. The van der Waals surface area contributed by atoms with Crippen LogP contribution in [0.2, 0.25) is 0 Å². The molecule has 0 spiro atoms. The lowest BCUT2D eigenvalue weighted by atomic mass is 10.2. The van der Waals surface area contributed by atoms with Crippen molar-refractivity contribution < 1.29 is 4.74 Å². The van der Waals surface area contributed by atoms with Crippen LogP contribution in [-0.2, 0) is 0 Å². The van der Waals surface area contributed by atoms with Gasteiger partial charge in [0.1, 0.15) is 17.7 Å². The Morgan fingerprint density at radius 3 is 2.53 bits per heavy atom. The second kappa shape index (κ2) is 6.22. The molecule has 4 heteroatoms. The van der Waals surface area contributed by atoms with Crippen molar-refractivity contribution in [3.05, 3.63) is 11.4 Å². The van der Waals surface area contributed by atoms with Gasteiger partial charge in [0.15, 0.2) is 0 Å². The number of rotatable bonds is 5. The number of hydrogen-bond acceptors (Lipinski definition) is 4. The van der Waals surface area contributed by atoms with Crippen LogP contribution in [0.3, 0.4) is 0 Å². The Hall–Kier alpha value is -1.32. The van der Waals surface area contributed by atoms with E-state index in [-0.39, 0.29) is 0 Å². The molecule has 0 radical (unpaired) electrons. The number of ether oxygens (including phenoxy) is 1. The molecule has 1 saturated carbocycles. The lowest BCUT2D eigenvalue weighted by Crippen LogP contribution is -2.16. The SMILES string of the molecule is CCNc1nc(C(C)C)nc(OC2CCCC2)c1C. The molecule has 106 valence electrons. The van der Waals surface area contributed by atoms with E-state index in [0.717, 1.165) is 42.5 Å². The first-order valence-corrected chi connectivity index (χ1v) is 7.40. The fraction of sp³-hybridized carbons (Fsp3) is 0.733. The van der Waals surface area contributed by atoms with Gasteiger partial charge in [0.05, 0.1) is 5.56 Å². The highest BCUT2D eigenvalue weighted by Crippen LogP contribution is 2.29. The van der Waals surface area contributed by atoms with Crippen LogP contribution in [0.15, 0.2) is 0 Å². The third-order valence-electron chi connectivity index (χ3n) is 3.56. The first-order chi connectivity index (χ1) is 9.11. The predicted octanol–water partition coefficient (Wildman–Crippen LogP) is 3.66. The molecule has 2 rings (SSSR count). The average Bonchev–Trinajstić information content (AvgIpc) is 2.87. The first-order valence-electron chi connectivity index (χ1n) is 7.40. The van der Waals surface area contributed by atoms with Crippen molar-refractivity contribution in [2.75, 3.05) is 11.9 Å². The van der Waals surface area contributed by atoms with Crippen molar-refractivity contribution in [3.63, 3.8) is 0 Å². The number of nitrogens with zero attached hydrogens (tertiary/aromatic N) is 2. The molecule has 0 aliphatic heterocycles. The van der Waals surface area contributed by atoms with Gasteiger partial charge in [-0.05, 0) is 39.5 Å². The van der Waals surface area contributed by atoms with E-state index in [1.807, 2.05) is 6.92 Å². The van der Waals surface area contributed by atoms with E-state index in [2.05, 4.69) is 36.1 Å². The second-order valence-electron chi connectivity index (χ2n) is 5.57. The average molecular weight is 263 g/mol. The molecule has 19 heavy (non-hydrogen) atoms. The van der Waals surface area contributed by atoms with E-state index in [0.29, 0.717) is 12.0 Å². The summed E-state index contributed by atoms with van der Waals surface area (Å²) in [5, 5.41) is 3.31. The van der Waals surface area contributed by atoms with Gasteiger partial charge in [-0.3, -0.25) is 0 Å². The highest BCUT2D eigenvalue weighted by molar-refractivity contribution is 5.48. The summed E-state index contributed by atoms with van der Waals surface area (Å²) in [7, 11) is 0. The monoisotopic (exact) mass is 263 g/mol. The van der Waals surface area contributed by atoms with Crippen molar-refractivity contribution in [2.45, 2.75) is 65.4 Å². The molecule has 0 atom stereocenters. The highest BCUT2D eigenvalue weighted by Gasteiger charge is 2.20. The molecular weight excluding hydrogens is 238 g/mol. The smallest absolute Gasteiger partial charge is 0.222 e. The van der Waals surface area contributed by atoms with E-state index < -0.39 is 0 Å². The van der Waals surface area contributed by atoms with E-state index in [4.69, 9.17) is 4.74 Å². The van der Waals surface area contributed by atoms with Crippen molar-refractivity contribution in [2.24, 2.45) is 0 Å². The summed E-state index contributed by atoms with van der Waals surface area (Å²) in [6, 6.07) is 0. The molecule has 1 aliphatic rings. The van der Waals surface area contributed by atoms with Crippen LogP contribution in [-0.4, -0.2) is 22.6 Å². The van der Waals surface area contributed by atoms with Crippen molar-refractivity contribution in [1.29, 1.82) is 0 Å². The third kappa shape index (κ3) is 3.37. The lowest BCUT2D eigenvalue weighted by Gasteiger charge is -2.18. The normalized spacial score (nSPS) is 16.1. The van der Waals surface area contributed by atoms with Crippen molar-refractivity contribution in [3.8, 4) is 5.88 Å². The minimum atomic E-state index is 0.309. The third-order valence-corrected chi connectivity index (χ3v) is 3.56. The molecular formula is C15H25N3O. The van der Waals surface area contributed by atoms with Gasteiger partial charge in [-0.15, -0.1) is 0 Å². The zero-order valence-corrected chi connectivity index (χ0v) is 12.5. The summed E-state index contributed by atoms with van der Waals surface area (Å²) >= 11 is 0. The molecule has 1 heterocycles. The van der Waals surface area contributed by atoms with Crippen LogP contribution in [0.4, 0.5) is 5.82 Å². The van der Waals surface area contributed by atoms with Crippen LogP contribution in [0.25, 0.3) is 0 Å². The molecule has 0 amide bonds. The van der Waals surface area contributed by atoms with Gasteiger partial charge < -0.3 is 10.1 Å². The van der Waals surface area contributed by atoms with Crippen LogP contribution >= 0.6 is 0 Å². The maximum Gasteiger partial charge on any atom is 0.222 e. The van der Waals surface area contributed by atoms with E-state index in [1.54, 1.807) is 0 Å². The van der Waals surface area contributed by atoms with Gasteiger partial charge in [0.2, 0.25) is 5.88 Å². The van der Waals surface area contributed by atoms with Crippen LogP contribution in [0, 0.1) is 6.92 Å². The molecule has 0 unspecified atom stereocenters. The summed E-state index contributed by atoms with van der Waals surface area (Å²) in [5.74, 6) is 2.84. The molecule has 0 aromatic carbocycles. The molecule has 1 N–H and O–H groups in total. The maximum atomic E-state index is 6.09. The Morgan fingerprint density at radius 1 is 1.26 bits per heavy atom. The van der Waals surface area contributed by atoms with Gasteiger partial charge in [-0.25, -0.2) is 4.98 Å². The van der Waals surface area contributed by atoms with Gasteiger partial charge in [0, 0.05) is 12.5 Å². The van der Waals surface area contributed by atoms with E-state index >= 15 is 0 Å². The van der Waals surface area contributed by atoms with Crippen LogP contribution < -0.4 is 10.1 Å². The number of aromatic nitrogens is 2. The summed E-state index contributed by atoms with van der Waals surface area (Å²) in [4.78, 5) is 9.20. The minimum Gasteiger partial charge on any atom is -0.474 e. The molecule has 0 saturated heterocycles. The van der Waals surface area contributed by atoms with E-state index in [1.165, 1.54) is 12.8 Å². The molecule has 1 aromatic heterocycles. The van der Waals surface area contributed by atoms with E-state index in [9.17, 15) is 0 Å². The Balaban J connectivity index is 2.28. The summed E-state index contributed by atoms with van der Waals surface area (Å²) < 4.78 is 6.09. The van der Waals surface area contributed by atoms with Gasteiger partial charge in [-0.1, -0.05) is 13.8 Å². The Bertz CT molecular complexity index is 426. The Morgan fingerprint density at radius 2 is 1.95 bits per heavy atom. The molecule has 1 fully saturated rings. The molecule has 1 aromatic rings. The highest BCUT2D eigenvalue weighted by atomic mass is 16.5. The first kappa shape index (κ1) is 14.1. The summed E-state index contributed by atoms with van der Waals surface area (Å²) in [6.45, 7) is 9.19. The van der Waals surface area contributed by atoms with Crippen molar-refractivity contribution >= 4 is 5.82 Å². The fourth-order valence-corrected chi connectivity index (χ4v) is 2.39. The molecule has 0 bridgehead atoms. The van der Waals surface area contributed by atoms with Gasteiger partial charge >= 0.3 is 0 Å². The van der Waals surface area contributed by atoms with Crippen LogP contribution in [0.5, 0.6) is 5.88 Å². The Labute approximate surface area is 116 Å². The predicted molar refractivity (Wildman–Crippen MR) is 77.9 cm³/mol. The van der Waals surface area contributed by atoms with Crippen molar-refractivity contribution in [1.82, 2.24) is 9.97 Å². The lowest BCUT2D eigenvalue weighted by molar-refractivity contribution is 0.199. The number of nitrogens with one attached hydrogen (secondary N) is 1. The van der Waals surface area contributed by atoms with Gasteiger partial charge in [-0.2, -0.15) is 4.98 Å². The summed E-state index contributed by atoms with van der Waals surface area (Å²) in [6.07, 6.45) is 5.18. The molecule has 1 aliphatic carbocycles.